The SMILES string of the molecule is CCC(=O)N1C(=O)NC(=O)/C1=C\c1ccc(OC)c(OC)c1. The smallest absolute Gasteiger partial charge is 0.335 e. The second kappa shape index (κ2) is 6.30. The van der Waals surface area contributed by atoms with E-state index in [0.717, 1.165) is 4.90 Å². The second-order valence-corrected chi connectivity index (χ2v) is 4.49. The van der Waals surface area contributed by atoms with Crippen LogP contribution in [0.3, 0.4) is 0 Å². The van der Waals surface area contributed by atoms with E-state index in [9.17, 15) is 14.4 Å². The first-order valence-electron chi connectivity index (χ1n) is 6.63. The number of carbonyl (C=O) groups excluding carboxylic acids is 3. The van der Waals surface area contributed by atoms with Crippen LogP contribution in [0, 0.1) is 0 Å². The van der Waals surface area contributed by atoms with Crippen LogP contribution >= 0.6 is 0 Å². The average Bonchev–Trinajstić information content (AvgIpc) is 2.80. The van der Waals surface area contributed by atoms with Crippen LogP contribution in [0.2, 0.25) is 0 Å². The fraction of sp³-hybridized carbons (Fsp3) is 0.267. The van der Waals surface area contributed by atoms with Crippen molar-refractivity contribution in [2.45, 2.75) is 13.3 Å². The Kier molecular flexibility index (Phi) is 4.45. The van der Waals surface area contributed by atoms with Crippen molar-refractivity contribution in [1.82, 2.24) is 10.2 Å². The third kappa shape index (κ3) is 2.78. The molecule has 1 fully saturated rings. The molecule has 1 aliphatic rings. The molecule has 1 aromatic carbocycles. The molecule has 0 spiro atoms. The number of amides is 4. The first-order chi connectivity index (χ1) is 10.5. The molecule has 0 saturated carbocycles. The highest BCUT2D eigenvalue weighted by atomic mass is 16.5. The van der Waals surface area contributed by atoms with Gasteiger partial charge in [0, 0.05) is 6.42 Å². The average molecular weight is 304 g/mol. The lowest BCUT2D eigenvalue weighted by Crippen LogP contribution is -2.32. The molecule has 0 unspecified atom stereocenters. The Bertz CT molecular complexity index is 666. The summed E-state index contributed by atoms with van der Waals surface area (Å²) in [5, 5.41) is 2.11. The molecule has 1 aliphatic heterocycles. The minimum Gasteiger partial charge on any atom is -0.493 e. The van der Waals surface area contributed by atoms with E-state index in [0.29, 0.717) is 17.1 Å². The summed E-state index contributed by atoms with van der Waals surface area (Å²) in [4.78, 5) is 36.2. The zero-order valence-electron chi connectivity index (χ0n) is 12.5. The number of methoxy groups -OCH3 is 2. The molecule has 1 heterocycles. The van der Waals surface area contributed by atoms with Crippen LogP contribution in [0.25, 0.3) is 6.08 Å². The van der Waals surface area contributed by atoms with Gasteiger partial charge in [0.1, 0.15) is 5.70 Å². The second-order valence-electron chi connectivity index (χ2n) is 4.49. The van der Waals surface area contributed by atoms with Gasteiger partial charge in [0.2, 0.25) is 5.91 Å². The Balaban J connectivity index is 2.44. The van der Waals surface area contributed by atoms with Gasteiger partial charge in [-0.3, -0.25) is 14.9 Å². The predicted octanol–water partition coefficient (Wildman–Crippen LogP) is 1.53. The molecule has 1 saturated heterocycles. The molecule has 7 nitrogen and oxygen atoms in total. The largest absolute Gasteiger partial charge is 0.493 e. The molecule has 1 aromatic rings. The highest BCUT2D eigenvalue weighted by Gasteiger charge is 2.36. The van der Waals surface area contributed by atoms with E-state index in [-0.39, 0.29) is 12.1 Å². The Labute approximate surface area is 127 Å². The number of rotatable bonds is 4. The number of nitrogens with zero attached hydrogens (tertiary/aromatic N) is 1. The lowest BCUT2D eigenvalue weighted by atomic mass is 10.1. The van der Waals surface area contributed by atoms with Crippen LogP contribution < -0.4 is 14.8 Å². The summed E-state index contributed by atoms with van der Waals surface area (Å²) in [5.41, 5.74) is 0.593. The number of benzene rings is 1. The summed E-state index contributed by atoms with van der Waals surface area (Å²) in [6, 6.07) is 4.28. The van der Waals surface area contributed by atoms with Crippen molar-refractivity contribution >= 4 is 23.9 Å². The number of urea groups is 1. The Hall–Kier alpha value is -2.83. The van der Waals surface area contributed by atoms with E-state index < -0.39 is 17.8 Å². The third-order valence-corrected chi connectivity index (χ3v) is 3.16. The van der Waals surface area contributed by atoms with Crippen molar-refractivity contribution in [3.63, 3.8) is 0 Å². The molecule has 2 rings (SSSR count). The predicted molar refractivity (Wildman–Crippen MR) is 78.2 cm³/mol. The van der Waals surface area contributed by atoms with Crippen molar-refractivity contribution in [2.24, 2.45) is 0 Å². The lowest BCUT2D eigenvalue weighted by molar-refractivity contribution is -0.127. The quantitative estimate of drug-likeness (QED) is 0.673. The van der Waals surface area contributed by atoms with Crippen molar-refractivity contribution in [3.05, 3.63) is 29.5 Å². The van der Waals surface area contributed by atoms with Crippen LogP contribution in [0.1, 0.15) is 18.9 Å². The summed E-state index contributed by atoms with van der Waals surface area (Å²) in [5.74, 6) is -0.0373. The number of nitrogens with one attached hydrogen (secondary N) is 1. The summed E-state index contributed by atoms with van der Waals surface area (Å²) in [7, 11) is 3.01. The molecule has 0 aromatic heterocycles. The van der Waals surface area contributed by atoms with Crippen molar-refractivity contribution in [2.75, 3.05) is 14.2 Å². The van der Waals surface area contributed by atoms with E-state index in [1.807, 2.05) is 0 Å². The lowest BCUT2D eigenvalue weighted by Gasteiger charge is -2.12. The molecule has 0 aliphatic carbocycles. The monoisotopic (exact) mass is 304 g/mol. The van der Waals surface area contributed by atoms with Crippen LogP contribution in [0.15, 0.2) is 23.9 Å². The van der Waals surface area contributed by atoms with E-state index in [1.165, 1.54) is 20.3 Å². The molecule has 4 amide bonds. The molecule has 0 radical (unpaired) electrons. The van der Waals surface area contributed by atoms with Gasteiger partial charge in [0.05, 0.1) is 14.2 Å². The molecule has 1 N–H and O–H groups in total. The zero-order valence-corrected chi connectivity index (χ0v) is 12.5. The van der Waals surface area contributed by atoms with Gasteiger partial charge >= 0.3 is 6.03 Å². The van der Waals surface area contributed by atoms with Crippen LogP contribution in [0.5, 0.6) is 11.5 Å². The van der Waals surface area contributed by atoms with Gasteiger partial charge in [-0.1, -0.05) is 13.0 Å². The van der Waals surface area contributed by atoms with Crippen LogP contribution in [-0.2, 0) is 9.59 Å². The minimum atomic E-state index is -0.733. The fourth-order valence-corrected chi connectivity index (χ4v) is 2.06. The van der Waals surface area contributed by atoms with E-state index in [1.54, 1.807) is 25.1 Å². The Morgan fingerprint density at radius 2 is 1.91 bits per heavy atom. The summed E-state index contributed by atoms with van der Waals surface area (Å²) >= 11 is 0. The fourth-order valence-electron chi connectivity index (χ4n) is 2.06. The third-order valence-electron chi connectivity index (χ3n) is 3.16. The first kappa shape index (κ1) is 15.6. The van der Waals surface area contributed by atoms with Crippen molar-refractivity contribution in [3.8, 4) is 11.5 Å². The Morgan fingerprint density at radius 1 is 1.23 bits per heavy atom. The summed E-state index contributed by atoms with van der Waals surface area (Å²) < 4.78 is 10.3. The number of hydrogen-bond donors (Lipinski definition) is 1. The maximum Gasteiger partial charge on any atom is 0.335 e. The first-order valence-corrected chi connectivity index (χ1v) is 6.63. The van der Waals surface area contributed by atoms with Gasteiger partial charge in [-0.25, -0.2) is 9.69 Å². The highest BCUT2D eigenvalue weighted by molar-refractivity contribution is 6.20. The van der Waals surface area contributed by atoms with Crippen molar-refractivity contribution < 1.29 is 23.9 Å². The standard InChI is InChI=1S/C15H16N2O5/c1-4-13(18)17-10(14(19)16-15(17)20)7-9-5-6-11(21-2)12(8-9)22-3/h5-8H,4H2,1-3H3,(H,16,19,20)/b10-7+. The number of hydrogen-bond acceptors (Lipinski definition) is 5. The molecule has 7 heteroatoms. The molecule has 0 atom stereocenters. The normalized spacial score (nSPS) is 16.0. The van der Waals surface area contributed by atoms with Gasteiger partial charge in [0.15, 0.2) is 11.5 Å². The Morgan fingerprint density at radius 3 is 2.50 bits per heavy atom. The van der Waals surface area contributed by atoms with Crippen LogP contribution in [0.4, 0.5) is 4.79 Å². The van der Waals surface area contributed by atoms with Crippen molar-refractivity contribution in [1.29, 1.82) is 0 Å². The van der Waals surface area contributed by atoms with E-state index in [2.05, 4.69) is 5.32 Å². The summed E-state index contributed by atoms with van der Waals surface area (Å²) in [6.07, 6.45) is 1.57. The summed E-state index contributed by atoms with van der Waals surface area (Å²) in [6.45, 7) is 1.62. The van der Waals surface area contributed by atoms with Gasteiger partial charge in [-0.15, -0.1) is 0 Å². The molecule has 116 valence electrons. The maximum absolute atomic E-state index is 11.8. The maximum atomic E-state index is 11.8. The van der Waals surface area contributed by atoms with E-state index in [4.69, 9.17) is 9.47 Å². The van der Waals surface area contributed by atoms with Crippen LogP contribution in [-0.4, -0.2) is 37.0 Å². The molecule has 0 bridgehead atoms. The zero-order chi connectivity index (χ0) is 16.3. The molecule has 22 heavy (non-hydrogen) atoms. The molecular weight excluding hydrogens is 288 g/mol. The van der Waals surface area contributed by atoms with Gasteiger partial charge in [-0.2, -0.15) is 0 Å². The number of carbonyl (C=O) groups is 3. The van der Waals surface area contributed by atoms with E-state index >= 15 is 0 Å². The topological polar surface area (TPSA) is 84.9 Å². The van der Waals surface area contributed by atoms with Gasteiger partial charge in [0.25, 0.3) is 5.91 Å². The van der Waals surface area contributed by atoms with Gasteiger partial charge in [-0.05, 0) is 23.8 Å². The van der Waals surface area contributed by atoms with Gasteiger partial charge < -0.3 is 9.47 Å². The molecular formula is C15H16N2O5. The minimum absolute atomic E-state index is 0.0101. The number of imide groups is 2. The highest BCUT2D eigenvalue weighted by Crippen LogP contribution is 2.29. The number of ether oxygens (including phenoxy) is 2.